The van der Waals surface area contributed by atoms with E-state index >= 15 is 0 Å². The van der Waals surface area contributed by atoms with Gasteiger partial charge in [-0.2, -0.15) is 10.5 Å². The van der Waals surface area contributed by atoms with E-state index in [-0.39, 0.29) is 6.10 Å². The van der Waals surface area contributed by atoms with Gasteiger partial charge in [0.25, 0.3) is 0 Å². The van der Waals surface area contributed by atoms with Gasteiger partial charge in [-0.05, 0) is 13.3 Å². The summed E-state index contributed by atoms with van der Waals surface area (Å²) in [5.74, 6) is 0. The maximum Gasteiger partial charge on any atom is 0.121 e. The van der Waals surface area contributed by atoms with Gasteiger partial charge < -0.3 is 9.90 Å². The van der Waals surface area contributed by atoms with Crippen molar-refractivity contribution in [1.82, 2.24) is 0 Å². The summed E-state index contributed by atoms with van der Waals surface area (Å²) in [6, 6.07) is 3.78. The van der Waals surface area contributed by atoms with Crippen LogP contribution in [0.2, 0.25) is 0 Å². The second-order valence-corrected chi connectivity index (χ2v) is 2.41. The smallest absolute Gasteiger partial charge is 0.121 e. The molecule has 0 saturated heterocycles. The van der Waals surface area contributed by atoms with Crippen molar-refractivity contribution >= 4 is 6.29 Å². The Balaban J connectivity index is 0. The molecule has 0 aliphatic rings. The highest BCUT2D eigenvalue weighted by atomic mass is 16.3. The molecule has 0 saturated carbocycles. The van der Waals surface area contributed by atoms with E-state index in [2.05, 4.69) is 0 Å². The first-order valence-corrected chi connectivity index (χ1v) is 4.04. The number of nitriles is 2. The van der Waals surface area contributed by atoms with Gasteiger partial charge in [-0.15, -0.1) is 0 Å². The Morgan fingerprint density at radius 2 is 1.92 bits per heavy atom. The molecule has 72 valence electrons. The maximum atomic E-state index is 9.41. The number of nitrogens with zero attached hydrogens (tertiary/aromatic N) is 2. The van der Waals surface area contributed by atoms with E-state index in [9.17, 15) is 4.79 Å². The number of hydrogen-bond acceptors (Lipinski definition) is 4. The summed E-state index contributed by atoms with van der Waals surface area (Å²) >= 11 is 0. The van der Waals surface area contributed by atoms with Crippen LogP contribution in [0.1, 0.15) is 32.6 Å². The summed E-state index contributed by atoms with van der Waals surface area (Å²) in [6.45, 7) is 1.68. The van der Waals surface area contributed by atoms with Crippen LogP contribution in [0.15, 0.2) is 0 Å². The minimum absolute atomic E-state index is 0.320. The van der Waals surface area contributed by atoms with Crippen LogP contribution in [0, 0.1) is 22.7 Å². The summed E-state index contributed by atoms with van der Waals surface area (Å²) < 4.78 is 0. The quantitative estimate of drug-likeness (QED) is 0.522. The van der Waals surface area contributed by atoms with Gasteiger partial charge in [0.1, 0.15) is 6.29 Å². The second-order valence-electron chi connectivity index (χ2n) is 2.41. The minimum Gasteiger partial charge on any atom is -0.393 e. The Morgan fingerprint density at radius 1 is 1.38 bits per heavy atom. The number of carbonyl (C=O) groups excluding carboxylic acids is 1. The number of unbranched alkanes of at least 4 members (excludes halogenated alkanes) is 1. The minimum atomic E-state index is -0.320. The highest BCUT2D eigenvalue weighted by molar-refractivity contribution is 5.49. The van der Waals surface area contributed by atoms with E-state index in [4.69, 9.17) is 15.6 Å². The lowest BCUT2D eigenvalue weighted by Gasteiger charge is -1.94. The zero-order valence-electron chi connectivity index (χ0n) is 7.73. The molecule has 0 heterocycles. The van der Waals surface area contributed by atoms with Crippen molar-refractivity contribution in [2.75, 3.05) is 0 Å². The van der Waals surface area contributed by atoms with Gasteiger partial charge in [-0.25, -0.2) is 0 Å². The normalized spacial score (nSPS) is 9.85. The van der Waals surface area contributed by atoms with Gasteiger partial charge in [-0.3, -0.25) is 0 Å². The average molecular weight is 182 g/mol. The lowest BCUT2D eigenvalue weighted by molar-refractivity contribution is -0.107. The van der Waals surface area contributed by atoms with Crippen molar-refractivity contribution in [3.63, 3.8) is 0 Å². The van der Waals surface area contributed by atoms with Crippen LogP contribution in [-0.4, -0.2) is 17.5 Å². The van der Waals surface area contributed by atoms with Crippen LogP contribution in [0.5, 0.6) is 0 Å². The Morgan fingerprint density at radius 3 is 2.08 bits per heavy atom. The lowest BCUT2D eigenvalue weighted by Crippen LogP contribution is -1.96. The zero-order chi connectivity index (χ0) is 10.5. The van der Waals surface area contributed by atoms with Crippen molar-refractivity contribution in [3.05, 3.63) is 0 Å². The van der Waals surface area contributed by atoms with Crippen molar-refractivity contribution in [2.24, 2.45) is 0 Å². The predicted octanol–water partition coefficient (Wildman–Crippen LogP) is 1.16. The summed E-state index contributed by atoms with van der Waals surface area (Å²) in [5, 5.41) is 24.3. The molecule has 4 nitrogen and oxygen atoms in total. The van der Waals surface area contributed by atoms with Crippen LogP contribution >= 0.6 is 0 Å². The third-order valence-corrected chi connectivity index (χ3v) is 1.05. The summed E-state index contributed by atoms with van der Waals surface area (Å²) in [6.07, 6.45) is 2.19. The third kappa shape index (κ3) is 25.0. The molecule has 0 aromatic carbocycles. The molecular formula is C9H14N2O2. The molecule has 1 N–H and O–H groups in total. The number of aliphatic hydroxyl groups excluding tert-OH is 1. The zero-order valence-corrected chi connectivity index (χ0v) is 7.73. The van der Waals surface area contributed by atoms with Gasteiger partial charge in [0.2, 0.25) is 0 Å². The van der Waals surface area contributed by atoms with Gasteiger partial charge in [0, 0.05) is 19.3 Å². The number of carbonyl (C=O) groups is 1. The number of aldehydes is 1. The molecule has 0 rings (SSSR count). The van der Waals surface area contributed by atoms with Gasteiger partial charge >= 0.3 is 0 Å². The molecule has 4 heteroatoms. The summed E-state index contributed by atoms with van der Waals surface area (Å²) in [5.41, 5.74) is 0. The topological polar surface area (TPSA) is 84.9 Å². The highest BCUT2D eigenvalue weighted by Crippen LogP contribution is 1.91. The first kappa shape index (κ1) is 14.2. The van der Waals surface area contributed by atoms with Crippen molar-refractivity contribution in [3.8, 4) is 12.1 Å². The molecule has 0 spiro atoms. The van der Waals surface area contributed by atoms with E-state index in [1.807, 2.05) is 12.1 Å². The summed E-state index contributed by atoms with van der Waals surface area (Å²) in [7, 11) is 0. The number of hydrogen-bond donors (Lipinski definition) is 1. The molecule has 0 bridgehead atoms. The fraction of sp³-hybridized carbons (Fsp3) is 0.667. The first-order valence-electron chi connectivity index (χ1n) is 4.04. The number of rotatable bonds is 4. The van der Waals surface area contributed by atoms with Crippen LogP contribution in [0.25, 0.3) is 0 Å². The van der Waals surface area contributed by atoms with Crippen LogP contribution < -0.4 is 0 Å². The molecule has 0 aromatic heterocycles. The van der Waals surface area contributed by atoms with E-state index in [1.54, 1.807) is 6.92 Å². The van der Waals surface area contributed by atoms with E-state index in [0.29, 0.717) is 25.7 Å². The molecule has 0 amide bonds. The Labute approximate surface area is 78.4 Å². The molecule has 1 unspecified atom stereocenters. The molecule has 1 atom stereocenters. The highest BCUT2D eigenvalue weighted by Gasteiger charge is 1.90. The summed E-state index contributed by atoms with van der Waals surface area (Å²) in [4.78, 5) is 9.41. The third-order valence-electron chi connectivity index (χ3n) is 1.05. The van der Waals surface area contributed by atoms with E-state index < -0.39 is 0 Å². The molecule has 0 radical (unpaired) electrons. The first-order chi connectivity index (χ1) is 6.18. The monoisotopic (exact) mass is 182 g/mol. The van der Waals surface area contributed by atoms with Crippen molar-refractivity contribution < 1.29 is 9.90 Å². The van der Waals surface area contributed by atoms with Crippen molar-refractivity contribution in [1.29, 1.82) is 10.5 Å². The van der Waals surface area contributed by atoms with Crippen molar-refractivity contribution in [2.45, 2.75) is 38.7 Å². The Kier molecular flexibility index (Phi) is 14.4. The van der Waals surface area contributed by atoms with Crippen LogP contribution in [0.4, 0.5) is 0 Å². The molecule has 0 aromatic rings. The Hall–Kier alpha value is -1.39. The second kappa shape index (κ2) is 13.2. The predicted molar refractivity (Wildman–Crippen MR) is 47.4 cm³/mol. The fourth-order valence-corrected chi connectivity index (χ4v) is 0.397. The SMILES string of the molecule is CC(O)CCC#N.N#CCCC=O. The van der Waals surface area contributed by atoms with E-state index in [0.717, 1.165) is 6.29 Å². The van der Waals surface area contributed by atoms with Gasteiger partial charge in [0.05, 0.1) is 18.2 Å². The van der Waals surface area contributed by atoms with Gasteiger partial charge in [-0.1, -0.05) is 0 Å². The molecule has 0 aliphatic heterocycles. The molecule has 0 fully saturated rings. The molecule has 0 aliphatic carbocycles. The number of aliphatic hydroxyl groups is 1. The molecule has 13 heavy (non-hydrogen) atoms. The average Bonchev–Trinajstić information content (AvgIpc) is 2.12. The maximum absolute atomic E-state index is 9.41. The van der Waals surface area contributed by atoms with Crippen LogP contribution in [-0.2, 0) is 4.79 Å². The van der Waals surface area contributed by atoms with E-state index in [1.165, 1.54) is 0 Å². The Bertz CT molecular complexity index is 189. The van der Waals surface area contributed by atoms with Crippen LogP contribution in [0.3, 0.4) is 0 Å². The standard InChI is InChI=1S/C5H9NO.C4H5NO/c1-5(7)3-2-4-6;5-3-1-2-4-6/h5,7H,2-3H2,1H3;4H,1-2H2. The lowest BCUT2D eigenvalue weighted by atomic mass is 10.2. The van der Waals surface area contributed by atoms with Gasteiger partial charge in [0.15, 0.2) is 0 Å². The largest absolute Gasteiger partial charge is 0.393 e. The molecular weight excluding hydrogens is 168 g/mol. The fourth-order valence-electron chi connectivity index (χ4n) is 0.397.